The predicted octanol–water partition coefficient (Wildman–Crippen LogP) is 3.00. The highest BCUT2D eigenvalue weighted by Crippen LogP contribution is 2.25. The molecule has 37 heavy (non-hydrogen) atoms. The Bertz CT molecular complexity index is 924. The molecule has 7 N–H and O–H groups in total. The number of hydrogen-bond acceptors (Lipinski definition) is 7. The van der Waals surface area contributed by atoms with Crippen LogP contribution in [-0.4, -0.2) is 55.8 Å². The van der Waals surface area contributed by atoms with Crippen molar-refractivity contribution in [3.05, 3.63) is 53.2 Å². The first-order valence-corrected chi connectivity index (χ1v) is 12.3. The van der Waals surface area contributed by atoms with E-state index in [2.05, 4.69) is 5.32 Å². The highest BCUT2D eigenvalue weighted by atomic mass is 19.1. The second-order valence-corrected chi connectivity index (χ2v) is 8.78. The summed E-state index contributed by atoms with van der Waals surface area (Å²) in [5.41, 5.74) is 18.8. The first-order chi connectivity index (χ1) is 17.7. The number of alkyl halides is 2. The van der Waals surface area contributed by atoms with Gasteiger partial charge in [-0.05, 0) is 51.7 Å². The minimum absolute atomic E-state index is 0.0469. The smallest absolute Gasteiger partial charge is 0.251 e. The van der Waals surface area contributed by atoms with Gasteiger partial charge in [0.05, 0.1) is 20.0 Å². The second kappa shape index (κ2) is 17.2. The van der Waals surface area contributed by atoms with Gasteiger partial charge in [0.1, 0.15) is 5.75 Å². The molecule has 0 spiro atoms. The zero-order valence-electron chi connectivity index (χ0n) is 22.0. The molecule has 2 rings (SSSR count). The van der Waals surface area contributed by atoms with Gasteiger partial charge in [0.25, 0.3) is 5.91 Å². The fourth-order valence-corrected chi connectivity index (χ4v) is 3.59. The van der Waals surface area contributed by atoms with Gasteiger partial charge < -0.3 is 36.9 Å². The number of amides is 2. The van der Waals surface area contributed by atoms with Crippen molar-refractivity contribution in [3.8, 4) is 5.75 Å². The number of hydrogen-bond donors (Lipinski definition) is 4. The van der Waals surface area contributed by atoms with Gasteiger partial charge in [-0.15, -0.1) is 0 Å². The van der Waals surface area contributed by atoms with Crippen molar-refractivity contribution in [1.82, 2.24) is 10.2 Å². The highest BCUT2D eigenvalue weighted by Gasteiger charge is 2.22. The molecular weight excluding hydrogens is 484 g/mol. The summed E-state index contributed by atoms with van der Waals surface area (Å²) in [5.74, 6) is 0.376. The van der Waals surface area contributed by atoms with E-state index in [1.165, 1.54) is 12.2 Å². The number of carbonyl (C=O) groups excluding carboxylic acids is 2. The molecule has 1 heterocycles. The number of allylic oxidation sites excluding steroid dienone is 2. The van der Waals surface area contributed by atoms with Crippen molar-refractivity contribution in [1.29, 1.82) is 0 Å². The lowest BCUT2D eigenvalue weighted by atomic mass is 10.1. The van der Waals surface area contributed by atoms with Crippen molar-refractivity contribution in [3.63, 3.8) is 0 Å². The lowest BCUT2D eigenvalue weighted by molar-refractivity contribution is -0.128. The van der Waals surface area contributed by atoms with Crippen molar-refractivity contribution < 1.29 is 27.8 Å². The molecule has 1 aliphatic heterocycles. The van der Waals surface area contributed by atoms with Crippen molar-refractivity contribution in [2.75, 3.05) is 26.9 Å². The molecule has 0 radical (unpaired) electrons. The number of halogens is 2. The van der Waals surface area contributed by atoms with Gasteiger partial charge in [0.15, 0.2) is 11.8 Å². The lowest BCUT2D eigenvalue weighted by Crippen LogP contribution is -2.30. The van der Waals surface area contributed by atoms with E-state index in [1.54, 1.807) is 23.1 Å². The quantitative estimate of drug-likeness (QED) is 0.216. The Balaban J connectivity index is 0.00000334. The van der Waals surface area contributed by atoms with Gasteiger partial charge in [0, 0.05) is 55.4 Å². The van der Waals surface area contributed by atoms with Crippen LogP contribution in [0.25, 0.3) is 0 Å². The summed E-state index contributed by atoms with van der Waals surface area (Å²) in [7, 11) is 0.500. The summed E-state index contributed by atoms with van der Waals surface area (Å²) in [6, 6.07) is 4.85. The van der Waals surface area contributed by atoms with E-state index in [-0.39, 0.29) is 35.7 Å². The topological polar surface area (TPSA) is 146 Å². The number of nitrogens with zero attached hydrogens (tertiary/aromatic N) is 1. The minimum atomic E-state index is -0.400. The van der Waals surface area contributed by atoms with Crippen LogP contribution >= 0.6 is 0 Å². The van der Waals surface area contributed by atoms with Crippen LogP contribution in [0.1, 0.15) is 61.9 Å². The molecule has 1 fully saturated rings. The molecule has 0 aliphatic carbocycles. The highest BCUT2D eigenvalue weighted by molar-refractivity contribution is 5.94. The van der Waals surface area contributed by atoms with Gasteiger partial charge in [-0.25, -0.2) is 0 Å². The van der Waals surface area contributed by atoms with E-state index in [0.717, 1.165) is 12.0 Å². The van der Waals surface area contributed by atoms with Gasteiger partial charge in [-0.2, -0.15) is 0 Å². The molecule has 11 heteroatoms. The third kappa shape index (κ3) is 12.0. The Morgan fingerprint density at radius 1 is 1.19 bits per heavy atom. The van der Waals surface area contributed by atoms with E-state index in [0.29, 0.717) is 63.8 Å². The molecule has 2 amide bonds. The molecule has 1 aliphatic rings. The Kier molecular flexibility index (Phi) is 14.7. The first kappa shape index (κ1) is 31.7. The number of likely N-dealkylation sites (tertiary alicyclic amines) is 1. The van der Waals surface area contributed by atoms with Crippen LogP contribution in [0.2, 0.25) is 0 Å². The molecule has 0 bridgehead atoms. The number of nitrogens with two attached hydrogens (primary N) is 3. The predicted molar refractivity (Wildman–Crippen MR) is 140 cm³/mol. The molecule has 208 valence electrons. The second-order valence-electron chi connectivity index (χ2n) is 8.78. The summed E-state index contributed by atoms with van der Waals surface area (Å²) < 4.78 is 33.0. The van der Waals surface area contributed by atoms with Crippen LogP contribution < -0.4 is 27.3 Å². The average molecular weight is 526 g/mol. The lowest BCUT2D eigenvalue weighted by Gasteiger charge is -2.19. The van der Waals surface area contributed by atoms with E-state index < -0.39 is 6.67 Å². The zero-order chi connectivity index (χ0) is 27.8. The molecule has 1 unspecified atom stereocenters. The van der Waals surface area contributed by atoms with Gasteiger partial charge in [-0.1, -0.05) is 6.07 Å². The van der Waals surface area contributed by atoms with E-state index in [1.807, 2.05) is 13.8 Å². The molecule has 0 aromatic heterocycles. The Morgan fingerprint density at radius 3 is 2.51 bits per heavy atom. The standard InChI is InChI=1S/C25H38FN5O4.CH3F/c1-17(2)34-22(28)9-10-23(29)35-21-15-18(25(33)30-13-11-20(27)5-3-12-26)7-8-19(21)16-31-14-4-6-24(31)32;1-2/h7-10,15,17,20H,3-6,11-14,16,27-29H2,1-2H3,(H,30,33);1H3/b22-9+,23-10+;. The Hall–Kier alpha value is -3.34. The number of carbonyl (C=O) groups is 2. The number of nitrogens with one attached hydrogen (secondary N) is 1. The maximum absolute atomic E-state index is 12.7. The Labute approximate surface area is 218 Å². The molecule has 0 saturated carbocycles. The maximum atomic E-state index is 12.7. The van der Waals surface area contributed by atoms with Crippen molar-refractivity contribution in [2.45, 2.75) is 64.6 Å². The molecule has 1 atom stereocenters. The summed E-state index contributed by atoms with van der Waals surface area (Å²) >= 11 is 0. The van der Waals surface area contributed by atoms with E-state index >= 15 is 0 Å². The molecule has 1 aromatic rings. The number of benzene rings is 1. The first-order valence-electron chi connectivity index (χ1n) is 12.3. The number of ether oxygens (including phenoxy) is 2. The fourth-order valence-electron chi connectivity index (χ4n) is 3.59. The molecular formula is C26H41F2N5O4. The van der Waals surface area contributed by atoms with Gasteiger partial charge in [0.2, 0.25) is 5.91 Å². The number of rotatable bonds is 14. The van der Waals surface area contributed by atoms with Gasteiger partial charge in [-0.3, -0.25) is 18.4 Å². The summed E-state index contributed by atoms with van der Waals surface area (Å²) in [6.45, 7) is 4.69. The Morgan fingerprint density at radius 2 is 1.89 bits per heavy atom. The van der Waals surface area contributed by atoms with Crippen LogP contribution in [0.15, 0.2) is 42.1 Å². The van der Waals surface area contributed by atoms with E-state index in [9.17, 15) is 18.4 Å². The third-order valence-corrected chi connectivity index (χ3v) is 5.38. The largest absolute Gasteiger partial charge is 0.477 e. The van der Waals surface area contributed by atoms with Crippen molar-refractivity contribution >= 4 is 11.8 Å². The molecule has 1 saturated heterocycles. The maximum Gasteiger partial charge on any atom is 0.251 e. The summed E-state index contributed by atoms with van der Waals surface area (Å²) in [6.07, 6.45) is 5.73. The normalized spacial score (nSPS) is 14.8. The fraction of sp³-hybridized carbons (Fsp3) is 0.538. The third-order valence-electron chi connectivity index (χ3n) is 5.38. The molecule has 1 aromatic carbocycles. The monoisotopic (exact) mass is 525 g/mol. The van der Waals surface area contributed by atoms with E-state index in [4.69, 9.17) is 26.7 Å². The van der Waals surface area contributed by atoms with Crippen LogP contribution in [0.4, 0.5) is 8.78 Å². The summed E-state index contributed by atoms with van der Waals surface area (Å²) in [4.78, 5) is 26.5. The summed E-state index contributed by atoms with van der Waals surface area (Å²) in [5, 5.41) is 2.82. The minimum Gasteiger partial charge on any atom is -0.477 e. The molecule has 9 nitrogen and oxygen atoms in total. The average Bonchev–Trinajstić information content (AvgIpc) is 3.27. The van der Waals surface area contributed by atoms with Crippen LogP contribution in [0.5, 0.6) is 5.75 Å². The SMILES string of the molecule is CC(C)O/C(N)=C/C=C(\N)Oc1cc(C(=O)NCCC(N)CCCF)ccc1CN1CCCC1=O.CF. The van der Waals surface area contributed by atoms with Crippen LogP contribution in [0.3, 0.4) is 0 Å². The van der Waals surface area contributed by atoms with Crippen LogP contribution in [0, 0.1) is 0 Å². The van der Waals surface area contributed by atoms with Gasteiger partial charge >= 0.3 is 0 Å². The van der Waals surface area contributed by atoms with Crippen LogP contribution in [-0.2, 0) is 16.1 Å². The van der Waals surface area contributed by atoms with Crippen molar-refractivity contribution in [2.24, 2.45) is 17.2 Å². The zero-order valence-corrected chi connectivity index (χ0v) is 22.0.